The van der Waals surface area contributed by atoms with E-state index < -0.39 is 23.7 Å². The van der Waals surface area contributed by atoms with Gasteiger partial charge in [0, 0.05) is 19.5 Å². The van der Waals surface area contributed by atoms with Crippen molar-refractivity contribution < 1.29 is 33.7 Å². The molecule has 2 aromatic rings. The Kier molecular flexibility index (Phi) is 7.37. The number of benzene rings is 2. The van der Waals surface area contributed by atoms with Gasteiger partial charge in [0.2, 0.25) is 0 Å². The molecule has 1 aliphatic heterocycles. The Morgan fingerprint density at radius 3 is 2.27 bits per heavy atom. The number of esters is 1. The third kappa shape index (κ3) is 4.84. The minimum absolute atomic E-state index is 0.0280. The maximum absolute atomic E-state index is 13.1. The number of aliphatic hydroxyl groups is 1. The summed E-state index contributed by atoms with van der Waals surface area (Å²) in [5.74, 6) is -1.07. The van der Waals surface area contributed by atoms with Gasteiger partial charge in [-0.25, -0.2) is 0 Å². The van der Waals surface area contributed by atoms with E-state index in [-0.39, 0.29) is 16.9 Å². The molecule has 0 bridgehead atoms. The first-order valence-electron chi connectivity index (χ1n) is 10.6. The normalized spacial score (nSPS) is 17.2. The van der Waals surface area contributed by atoms with Gasteiger partial charge in [-0.1, -0.05) is 25.5 Å². The van der Waals surface area contributed by atoms with E-state index in [4.69, 9.17) is 14.2 Å². The van der Waals surface area contributed by atoms with Crippen molar-refractivity contribution in [3.05, 3.63) is 59.2 Å². The number of ketones is 1. The Labute approximate surface area is 192 Å². The Hall–Kier alpha value is -3.81. The summed E-state index contributed by atoms with van der Waals surface area (Å²) in [5.41, 5.74) is 0.850. The highest BCUT2D eigenvalue weighted by Crippen LogP contribution is 2.42. The molecule has 0 radical (unpaired) electrons. The van der Waals surface area contributed by atoms with Crippen LogP contribution in [0.3, 0.4) is 0 Å². The molecule has 8 heteroatoms. The summed E-state index contributed by atoms with van der Waals surface area (Å²) in [6, 6.07) is 10.5. The van der Waals surface area contributed by atoms with Gasteiger partial charge in [0.05, 0.1) is 31.4 Å². The van der Waals surface area contributed by atoms with Gasteiger partial charge in [-0.2, -0.15) is 0 Å². The SMILES string of the molecule is CCCCN1C(=O)C(=O)/C(=C(\O)c2ccc(OC)cc2OC)C1c1ccc(OC(C)=O)cc1. The van der Waals surface area contributed by atoms with Crippen molar-refractivity contribution in [2.75, 3.05) is 20.8 Å². The molecule has 1 fully saturated rings. The molecule has 1 saturated heterocycles. The summed E-state index contributed by atoms with van der Waals surface area (Å²) >= 11 is 0. The number of Topliss-reactive ketones (excluding diaryl/α,β-unsaturated/α-hetero) is 1. The molecule has 1 amide bonds. The summed E-state index contributed by atoms with van der Waals surface area (Å²) in [5, 5.41) is 11.2. The zero-order valence-corrected chi connectivity index (χ0v) is 19.1. The number of hydrogen-bond donors (Lipinski definition) is 1. The standard InChI is InChI=1S/C25H27NO7/c1-5-6-13-26-22(16-7-9-17(10-8-16)33-15(2)27)21(24(29)25(26)30)23(28)19-12-11-18(31-3)14-20(19)32-4/h7-12,14,22,28H,5-6,13H2,1-4H3/b23-21-. The Morgan fingerprint density at radius 2 is 1.70 bits per heavy atom. The minimum Gasteiger partial charge on any atom is -0.507 e. The molecule has 1 unspecified atom stereocenters. The van der Waals surface area contributed by atoms with Gasteiger partial charge in [0.15, 0.2) is 0 Å². The van der Waals surface area contributed by atoms with Crippen LogP contribution in [0.4, 0.5) is 0 Å². The molecule has 0 spiro atoms. The molecule has 3 rings (SSSR count). The number of nitrogens with zero attached hydrogens (tertiary/aromatic N) is 1. The fourth-order valence-corrected chi connectivity index (χ4v) is 3.81. The van der Waals surface area contributed by atoms with Crippen molar-refractivity contribution in [1.82, 2.24) is 4.90 Å². The van der Waals surface area contributed by atoms with Crippen molar-refractivity contribution in [2.24, 2.45) is 0 Å². The van der Waals surface area contributed by atoms with Crippen LogP contribution in [0.1, 0.15) is 43.9 Å². The van der Waals surface area contributed by atoms with Crippen LogP contribution in [0, 0.1) is 0 Å². The zero-order valence-electron chi connectivity index (χ0n) is 19.1. The van der Waals surface area contributed by atoms with Crippen LogP contribution in [0.5, 0.6) is 17.2 Å². The number of unbranched alkanes of at least 4 members (excludes halogenated alkanes) is 1. The number of amides is 1. The van der Waals surface area contributed by atoms with Crippen LogP contribution < -0.4 is 14.2 Å². The van der Waals surface area contributed by atoms with Crippen LogP contribution in [0.15, 0.2) is 48.0 Å². The quantitative estimate of drug-likeness (QED) is 0.213. The third-order valence-electron chi connectivity index (χ3n) is 5.41. The van der Waals surface area contributed by atoms with Crippen molar-refractivity contribution in [3.63, 3.8) is 0 Å². The van der Waals surface area contributed by atoms with Gasteiger partial charge in [0.1, 0.15) is 23.0 Å². The molecule has 2 aromatic carbocycles. The van der Waals surface area contributed by atoms with E-state index in [1.807, 2.05) is 6.92 Å². The monoisotopic (exact) mass is 453 g/mol. The van der Waals surface area contributed by atoms with Crippen LogP contribution in [-0.4, -0.2) is 48.4 Å². The Balaban J connectivity index is 2.15. The van der Waals surface area contributed by atoms with Crippen molar-refractivity contribution in [3.8, 4) is 17.2 Å². The predicted molar refractivity (Wildman–Crippen MR) is 121 cm³/mol. The molecule has 8 nitrogen and oxygen atoms in total. The number of aliphatic hydroxyl groups excluding tert-OH is 1. The van der Waals surface area contributed by atoms with Crippen molar-refractivity contribution >= 4 is 23.4 Å². The van der Waals surface area contributed by atoms with Gasteiger partial charge in [-0.15, -0.1) is 0 Å². The molecule has 1 heterocycles. The average molecular weight is 453 g/mol. The van der Waals surface area contributed by atoms with E-state index in [0.717, 1.165) is 6.42 Å². The summed E-state index contributed by atoms with van der Waals surface area (Å²) < 4.78 is 15.7. The van der Waals surface area contributed by atoms with E-state index in [1.54, 1.807) is 42.5 Å². The molecule has 33 heavy (non-hydrogen) atoms. The van der Waals surface area contributed by atoms with Crippen molar-refractivity contribution in [2.45, 2.75) is 32.7 Å². The summed E-state index contributed by atoms with van der Waals surface area (Å²) in [7, 11) is 2.95. The first-order valence-corrected chi connectivity index (χ1v) is 10.6. The Morgan fingerprint density at radius 1 is 1.03 bits per heavy atom. The lowest BCUT2D eigenvalue weighted by Gasteiger charge is -2.25. The lowest BCUT2D eigenvalue weighted by molar-refractivity contribution is -0.139. The summed E-state index contributed by atoms with van der Waals surface area (Å²) in [4.78, 5) is 38.7. The molecule has 1 atom stereocenters. The molecule has 0 aliphatic carbocycles. The smallest absolute Gasteiger partial charge is 0.308 e. The van der Waals surface area contributed by atoms with E-state index >= 15 is 0 Å². The maximum Gasteiger partial charge on any atom is 0.308 e. The van der Waals surface area contributed by atoms with E-state index in [2.05, 4.69) is 0 Å². The number of ether oxygens (including phenoxy) is 3. The number of rotatable bonds is 8. The van der Waals surface area contributed by atoms with Gasteiger partial charge < -0.3 is 24.2 Å². The topological polar surface area (TPSA) is 102 Å². The highest BCUT2D eigenvalue weighted by molar-refractivity contribution is 6.46. The summed E-state index contributed by atoms with van der Waals surface area (Å²) in [6.07, 6.45) is 1.52. The molecule has 174 valence electrons. The van der Waals surface area contributed by atoms with Gasteiger partial charge >= 0.3 is 5.97 Å². The lowest BCUT2D eigenvalue weighted by Crippen LogP contribution is -2.30. The predicted octanol–water partition coefficient (Wildman–Crippen LogP) is 3.85. The van der Waals surface area contributed by atoms with Crippen LogP contribution in [0.25, 0.3) is 5.76 Å². The third-order valence-corrected chi connectivity index (χ3v) is 5.41. The highest BCUT2D eigenvalue weighted by atomic mass is 16.5. The molecule has 0 aromatic heterocycles. The second-order valence-corrected chi connectivity index (χ2v) is 7.57. The maximum atomic E-state index is 13.1. The second kappa shape index (κ2) is 10.2. The first-order chi connectivity index (χ1) is 15.8. The molecular weight excluding hydrogens is 426 g/mol. The first kappa shape index (κ1) is 23.8. The number of methoxy groups -OCH3 is 2. The fourth-order valence-electron chi connectivity index (χ4n) is 3.81. The fraction of sp³-hybridized carbons (Fsp3) is 0.320. The number of likely N-dealkylation sites (tertiary alicyclic amines) is 1. The van der Waals surface area contributed by atoms with Crippen LogP contribution in [-0.2, 0) is 14.4 Å². The number of carbonyl (C=O) groups is 3. The second-order valence-electron chi connectivity index (χ2n) is 7.57. The van der Waals surface area contributed by atoms with Crippen LogP contribution >= 0.6 is 0 Å². The number of carbonyl (C=O) groups excluding carboxylic acids is 3. The van der Waals surface area contributed by atoms with E-state index in [9.17, 15) is 19.5 Å². The average Bonchev–Trinajstić information content (AvgIpc) is 3.06. The summed E-state index contributed by atoms with van der Waals surface area (Å²) in [6.45, 7) is 3.64. The number of hydrogen-bond acceptors (Lipinski definition) is 7. The van der Waals surface area contributed by atoms with E-state index in [1.165, 1.54) is 26.0 Å². The van der Waals surface area contributed by atoms with Gasteiger partial charge in [0.25, 0.3) is 11.7 Å². The minimum atomic E-state index is -0.797. The van der Waals surface area contributed by atoms with Gasteiger partial charge in [-0.05, 0) is 36.2 Å². The van der Waals surface area contributed by atoms with Crippen LogP contribution in [0.2, 0.25) is 0 Å². The molecular formula is C25H27NO7. The molecule has 1 aliphatic rings. The lowest BCUT2D eigenvalue weighted by atomic mass is 9.94. The molecule has 1 N–H and O–H groups in total. The highest BCUT2D eigenvalue weighted by Gasteiger charge is 2.46. The Bertz CT molecular complexity index is 1090. The molecule has 0 saturated carbocycles. The van der Waals surface area contributed by atoms with Gasteiger partial charge in [-0.3, -0.25) is 14.4 Å². The largest absolute Gasteiger partial charge is 0.507 e. The van der Waals surface area contributed by atoms with E-state index in [0.29, 0.717) is 35.8 Å². The zero-order chi connectivity index (χ0) is 24.1. The van der Waals surface area contributed by atoms with Crippen molar-refractivity contribution in [1.29, 1.82) is 0 Å².